The van der Waals surface area contributed by atoms with E-state index in [1.807, 2.05) is 40.7 Å². The van der Waals surface area contributed by atoms with E-state index >= 15 is 0 Å². The number of nitrogens with zero attached hydrogens (tertiary/aromatic N) is 4. The Bertz CT molecular complexity index is 1040. The Morgan fingerprint density at radius 3 is 2.38 bits per heavy atom. The van der Waals surface area contributed by atoms with Gasteiger partial charge in [0.1, 0.15) is 19.0 Å². The summed E-state index contributed by atoms with van der Waals surface area (Å²) in [5, 5.41) is 17.8. The summed E-state index contributed by atoms with van der Waals surface area (Å²) in [6, 6.07) is 4.27. The molecular formula is C24H38N5O7P. The molecule has 1 fully saturated rings. The van der Waals surface area contributed by atoms with Crippen LogP contribution < -0.4 is 11.2 Å². The van der Waals surface area contributed by atoms with E-state index < -0.39 is 44.3 Å². The minimum Gasteiger partial charge on any atom is -0.354 e. The average Bonchev–Trinajstić information content (AvgIpc) is 3.17. The molecule has 1 aliphatic rings. The molecule has 0 saturated carbocycles. The van der Waals surface area contributed by atoms with Gasteiger partial charge in [0.05, 0.1) is 44.3 Å². The van der Waals surface area contributed by atoms with Gasteiger partial charge in [-0.2, -0.15) is 10.5 Å². The lowest BCUT2D eigenvalue weighted by atomic mass is 10.1. The maximum atomic E-state index is 12.7. The topological polar surface area (TPSA) is 152 Å². The largest absolute Gasteiger partial charge is 0.354 e. The summed E-state index contributed by atoms with van der Waals surface area (Å²) >= 11 is 0. The van der Waals surface area contributed by atoms with Crippen LogP contribution in [-0.2, 0) is 23.3 Å². The van der Waals surface area contributed by atoms with Crippen LogP contribution >= 0.6 is 8.53 Å². The van der Waals surface area contributed by atoms with Gasteiger partial charge in [-0.25, -0.2) is 9.46 Å². The summed E-state index contributed by atoms with van der Waals surface area (Å²) < 4.78 is 33.9. The van der Waals surface area contributed by atoms with Crippen molar-refractivity contribution < 1.29 is 23.3 Å². The first kappa shape index (κ1) is 31.1. The Hall–Kier alpha value is -2.15. The predicted octanol–water partition coefficient (Wildman–Crippen LogP) is 3.09. The second-order valence-corrected chi connectivity index (χ2v) is 10.5. The summed E-state index contributed by atoms with van der Waals surface area (Å²) in [5.74, 6) is 0. The Kier molecular flexibility index (Phi) is 12.9. The van der Waals surface area contributed by atoms with Crippen molar-refractivity contribution in [3.8, 4) is 12.1 Å². The first-order valence-corrected chi connectivity index (χ1v) is 13.6. The van der Waals surface area contributed by atoms with Gasteiger partial charge in [-0.3, -0.25) is 14.3 Å². The fourth-order valence-electron chi connectivity index (χ4n) is 4.04. The molecule has 13 heteroatoms. The maximum absolute atomic E-state index is 12.7. The van der Waals surface area contributed by atoms with Crippen molar-refractivity contribution >= 4 is 8.53 Å². The second kappa shape index (κ2) is 15.3. The average molecular weight is 540 g/mol. The predicted molar refractivity (Wildman–Crippen MR) is 136 cm³/mol. The summed E-state index contributed by atoms with van der Waals surface area (Å²) in [4.78, 5) is 27.0. The van der Waals surface area contributed by atoms with Crippen LogP contribution in [0.2, 0.25) is 0 Å². The zero-order chi connectivity index (χ0) is 27.5. The van der Waals surface area contributed by atoms with Crippen LogP contribution in [0.4, 0.5) is 0 Å². The number of nitriles is 2. The molecule has 1 aliphatic heterocycles. The lowest BCUT2D eigenvalue weighted by molar-refractivity contribution is -0.137. The van der Waals surface area contributed by atoms with Crippen LogP contribution in [0.25, 0.3) is 0 Å². The van der Waals surface area contributed by atoms with Crippen LogP contribution in [0.3, 0.4) is 0 Å². The van der Waals surface area contributed by atoms with Gasteiger partial charge in [-0.05, 0) is 41.0 Å². The second-order valence-electron chi connectivity index (χ2n) is 9.13. The minimum absolute atomic E-state index is 0.0875. The molecule has 1 aromatic heterocycles. The Morgan fingerprint density at radius 1 is 1.14 bits per heavy atom. The van der Waals surface area contributed by atoms with Crippen molar-refractivity contribution in [1.82, 2.24) is 14.2 Å². The molecule has 5 atom stereocenters. The molecule has 0 aromatic carbocycles. The fraction of sp³-hybridized carbons (Fsp3) is 0.750. The third kappa shape index (κ3) is 8.42. The zero-order valence-corrected chi connectivity index (χ0v) is 23.3. The molecular weight excluding hydrogens is 501 g/mol. The number of aryl methyl sites for hydroxylation is 1. The molecule has 0 spiro atoms. The number of H-pyrrole nitrogens is 1. The lowest BCUT2D eigenvalue weighted by Gasteiger charge is -2.38. The van der Waals surface area contributed by atoms with E-state index in [1.54, 1.807) is 6.92 Å². The monoisotopic (exact) mass is 539 g/mol. The van der Waals surface area contributed by atoms with Crippen LogP contribution in [0.1, 0.15) is 65.7 Å². The SMILES string of the molecule is CC[C@H]1O[C@@H](n2cc(C)c(=O)[nH]c2=O)C(OCOCCC#N)[C@H]1OP(OCCC#N)N(C(C)C)C(C)C. The van der Waals surface area contributed by atoms with Gasteiger partial charge < -0.3 is 23.3 Å². The van der Waals surface area contributed by atoms with Crippen LogP contribution in [-0.4, -0.2) is 64.6 Å². The third-order valence-corrected chi connectivity index (χ3v) is 7.81. The normalized spacial score (nSPS) is 22.5. The fourth-order valence-corrected chi connectivity index (χ4v) is 5.81. The maximum Gasteiger partial charge on any atom is 0.330 e. The summed E-state index contributed by atoms with van der Waals surface area (Å²) in [5.41, 5.74) is -0.763. The van der Waals surface area contributed by atoms with E-state index in [0.717, 1.165) is 0 Å². The highest BCUT2D eigenvalue weighted by Gasteiger charge is 2.49. The summed E-state index contributed by atoms with van der Waals surface area (Å²) in [6.07, 6.45) is -0.389. The minimum atomic E-state index is -1.62. The molecule has 2 rings (SSSR count). The van der Waals surface area contributed by atoms with Gasteiger partial charge in [0.2, 0.25) is 0 Å². The van der Waals surface area contributed by atoms with Gasteiger partial charge >= 0.3 is 5.69 Å². The number of rotatable bonds is 15. The van der Waals surface area contributed by atoms with Crippen molar-refractivity contribution in [2.24, 2.45) is 0 Å². The van der Waals surface area contributed by atoms with Crippen molar-refractivity contribution in [1.29, 1.82) is 10.5 Å². The van der Waals surface area contributed by atoms with Gasteiger partial charge in [0, 0.05) is 23.8 Å². The lowest BCUT2D eigenvalue weighted by Crippen LogP contribution is -2.42. The van der Waals surface area contributed by atoms with Gasteiger partial charge in [-0.1, -0.05) is 6.92 Å². The van der Waals surface area contributed by atoms with E-state index in [-0.39, 0.29) is 44.9 Å². The molecule has 2 unspecified atom stereocenters. The van der Waals surface area contributed by atoms with E-state index in [9.17, 15) is 9.59 Å². The molecule has 0 radical (unpaired) electrons. The smallest absolute Gasteiger partial charge is 0.330 e. The molecule has 0 amide bonds. The number of hydrogen-bond acceptors (Lipinski definition) is 10. The molecule has 1 saturated heterocycles. The van der Waals surface area contributed by atoms with Crippen LogP contribution in [0.5, 0.6) is 0 Å². The highest BCUT2D eigenvalue weighted by molar-refractivity contribution is 7.44. The first-order valence-electron chi connectivity index (χ1n) is 12.4. The molecule has 0 bridgehead atoms. The Balaban J connectivity index is 2.44. The molecule has 0 aliphatic carbocycles. The van der Waals surface area contributed by atoms with Gasteiger partial charge in [0.15, 0.2) is 6.23 Å². The zero-order valence-electron chi connectivity index (χ0n) is 22.4. The highest BCUT2D eigenvalue weighted by atomic mass is 31.2. The van der Waals surface area contributed by atoms with Crippen molar-refractivity contribution in [3.63, 3.8) is 0 Å². The molecule has 12 nitrogen and oxygen atoms in total. The first-order chi connectivity index (χ1) is 17.7. The van der Waals surface area contributed by atoms with E-state index in [0.29, 0.717) is 12.0 Å². The number of ether oxygens (including phenoxy) is 3. The third-order valence-electron chi connectivity index (χ3n) is 5.68. The van der Waals surface area contributed by atoms with Crippen LogP contribution in [0, 0.1) is 29.6 Å². The molecule has 1 N–H and O–H groups in total. The molecule has 37 heavy (non-hydrogen) atoms. The van der Waals surface area contributed by atoms with E-state index in [1.165, 1.54) is 10.8 Å². The summed E-state index contributed by atoms with van der Waals surface area (Å²) in [7, 11) is -1.62. The van der Waals surface area contributed by atoms with Gasteiger partial charge in [-0.15, -0.1) is 0 Å². The summed E-state index contributed by atoms with van der Waals surface area (Å²) in [6.45, 7) is 11.9. The Labute approximate surface area is 219 Å². The standard InChI is InChI=1S/C24H38N5O7P/c1-7-19-20(36-37(34-13-9-11-26)29(16(2)3)17(4)5)21(33-15-32-12-8-10-25)23(35-19)28-14-18(6)22(30)27-24(28)31/h14,16-17,19-21,23H,7-9,12-13,15H2,1-6H3,(H,27,30,31)/t19-,20+,21?,23-,37?/m1/s1. The van der Waals surface area contributed by atoms with Crippen molar-refractivity contribution in [2.75, 3.05) is 20.0 Å². The quantitative estimate of drug-likeness (QED) is 0.200. The van der Waals surface area contributed by atoms with Crippen LogP contribution in [0.15, 0.2) is 15.8 Å². The number of hydrogen-bond donors (Lipinski definition) is 1. The van der Waals surface area contributed by atoms with Crippen molar-refractivity contribution in [3.05, 3.63) is 32.6 Å². The van der Waals surface area contributed by atoms with Crippen molar-refractivity contribution in [2.45, 2.75) is 97.4 Å². The molecule has 1 aromatic rings. The highest BCUT2D eigenvalue weighted by Crippen LogP contribution is 2.50. The van der Waals surface area contributed by atoms with E-state index in [2.05, 4.69) is 15.7 Å². The van der Waals surface area contributed by atoms with E-state index in [4.69, 9.17) is 33.8 Å². The van der Waals surface area contributed by atoms with Gasteiger partial charge in [0.25, 0.3) is 14.1 Å². The number of aromatic nitrogens is 2. The Morgan fingerprint density at radius 2 is 1.78 bits per heavy atom. The number of aromatic amines is 1. The molecule has 206 valence electrons. The molecule has 2 heterocycles. The number of nitrogens with one attached hydrogen (secondary N) is 1.